The summed E-state index contributed by atoms with van der Waals surface area (Å²) in [6, 6.07) is 4.21. The molecule has 0 unspecified atom stereocenters. The lowest BCUT2D eigenvalue weighted by Crippen LogP contribution is -2.40. The van der Waals surface area contributed by atoms with Gasteiger partial charge in [-0.25, -0.2) is 0 Å². The molecule has 4 heteroatoms. The molecule has 0 aromatic carbocycles. The molecule has 0 amide bonds. The first kappa shape index (κ1) is 15.2. The van der Waals surface area contributed by atoms with Gasteiger partial charge in [-0.3, -0.25) is 0 Å². The fraction of sp³-hybridized carbons (Fsp3) is 0.750. The summed E-state index contributed by atoms with van der Waals surface area (Å²) in [5, 5.41) is 12.0. The van der Waals surface area contributed by atoms with Crippen molar-refractivity contribution in [2.75, 3.05) is 24.5 Å². The lowest BCUT2D eigenvalue weighted by molar-refractivity contribution is 0.199. The van der Waals surface area contributed by atoms with E-state index in [4.69, 9.17) is 0 Å². The van der Waals surface area contributed by atoms with Crippen molar-refractivity contribution in [3.8, 4) is 0 Å². The van der Waals surface area contributed by atoms with E-state index in [1.54, 1.807) is 0 Å². The molecule has 1 fully saturated rings. The molecule has 1 saturated heterocycles. The second-order valence-corrected chi connectivity index (χ2v) is 5.86. The number of nitrogens with zero attached hydrogens (tertiary/aromatic N) is 3. The van der Waals surface area contributed by atoms with Crippen LogP contribution in [0.2, 0.25) is 0 Å². The molecular formula is C16H28N4. The molecule has 0 bridgehead atoms. The molecular weight excluding hydrogens is 248 g/mol. The normalized spacial score (nSPS) is 18.2. The van der Waals surface area contributed by atoms with E-state index in [0.717, 1.165) is 37.7 Å². The van der Waals surface area contributed by atoms with E-state index >= 15 is 0 Å². The van der Waals surface area contributed by atoms with E-state index in [1.165, 1.54) is 25.7 Å². The number of hydrogen-bond acceptors (Lipinski definition) is 4. The van der Waals surface area contributed by atoms with Gasteiger partial charge in [-0.05, 0) is 36.9 Å². The van der Waals surface area contributed by atoms with Crippen molar-refractivity contribution >= 4 is 5.82 Å². The van der Waals surface area contributed by atoms with Gasteiger partial charge >= 0.3 is 0 Å². The Morgan fingerprint density at radius 3 is 2.30 bits per heavy atom. The van der Waals surface area contributed by atoms with Crippen molar-refractivity contribution < 1.29 is 0 Å². The zero-order valence-corrected chi connectivity index (χ0v) is 13.2. The molecule has 0 saturated carbocycles. The summed E-state index contributed by atoms with van der Waals surface area (Å²) in [7, 11) is 0. The highest BCUT2D eigenvalue weighted by molar-refractivity contribution is 5.38. The molecule has 1 aromatic rings. The van der Waals surface area contributed by atoms with Crippen LogP contribution in [0.5, 0.6) is 0 Å². The monoisotopic (exact) mass is 276 g/mol. The van der Waals surface area contributed by atoms with Crippen molar-refractivity contribution in [3.63, 3.8) is 0 Å². The van der Waals surface area contributed by atoms with Crippen molar-refractivity contribution in [2.45, 2.75) is 53.0 Å². The van der Waals surface area contributed by atoms with Crippen LogP contribution in [0.15, 0.2) is 12.1 Å². The zero-order valence-electron chi connectivity index (χ0n) is 13.2. The van der Waals surface area contributed by atoms with Gasteiger partial charge in [-0.2, -0.15) is 5.10 Å². The molecule has 20 heavy (non-hydrogen) atoms. The molecule has 1 aliphatic heterocycles. The quantitative estimate of drug-likeness (QED) is 0.867. The second kappa shape index (κ2) is 7.02. The number of nitrogens with one attached hydrogen (secondary N) is 1. The maximum absolute atomic E-state index is 4.39. The Kier molecular flexibility index (Phi) is 5.35. The number of piperidine rings is 1. The van der Waals surface area contributed by atoms with Gasteiger partial charge in [0.2, 0.25) is 0 Å². The Balaban J connectivity index is 1.93. The van der Waals surface area contributed by atoms with Crippen LogP contribution in [0.1, 0.15) is 52.1 Å². The molecule has 0 radical (unpaired) electrons. The Hall–Kier alpha value is -1.16. The predicted octanol–water partition coefficient (Wildman–Crippen LogP) is 2.99. The van der Waals surface area contributed by atoms with Crippen LogP contribution in [0.4, 0.5) is 5.82 Å². The second-order valence-electron chi connectivity index (χ2n) is 5.86. The summed E-state index contributed by atoms with van der Waals surface area (Å²) < 4.78 is 0. The first-order chi connectivity index (χ1) is 9.73. The van der Waals surface area contributed by atoms with Gasteiger partial charge in [0.1, 0.15) is 0 Å². The minimum Gasteiger partial charge on any atom is -0.355 e. The van der Waals surface area contributed by atoms with Crippen molar-refractivity contribution in [3.05, 3.63) is 17.8 Å². The third kappa shape index (κ3) is 3.48. The van der Waals surface area contributed by atoms with Crippen molar-refractivity contribution in [2.24, 2.45) is 5.41 Å². The maximum atomic E-state index is 4.39. The summed E-state index contributed by atoms with van der Waals surface area (Å²) in [4.78, 5) is 2.38. The van der Waals surface area contributed by atoms with E-state index in [0.29, 0.717) is 5.41 Å². The van der Waals surface area contributed by atoms with E-state index < -0.39 is 0 Å². The van der Waals surface area contributed by atoms with Crippen LogP contribution in [0.25, 0.3) is 0 Å². The molecule has 4 nitrogen and oxygen atoms in total. The van der Waals surface area contributed by atoms with E-state index in [9.17, 15) is 0 Å². The van der Waals surface area contributed by atoms with Crippen LogP contribution in [0.3, 0.4) is 0 Å². The molecule has 2 rings (SSSR count). The largest absolute Gasteiger partial charge is 0.355 e. The summed E-state index contributed by atoms with van der Waals surface area (Å²) in [5.41, 5.74) is 1.58. The first-order valence-electron chi connectivity index (χ1n) is 8.01. The average Bonchev–Trinajstić information content (AvgIpc) is 2.53. The minimum atomic E-state index is 0.564. The highest BCUT2D eigenvalue weighted by atomic mass is 15.3. The van der Waals surface area contributed by atoms with Crippen LogP contribution >= 0.6 is 0 Å². The molecule has 0 aliphatic carbocycles. The highest BCUT2D eigenvalue weighted by Crippen LogP contribution is 2.38. The number of hydrogen-bond donors (Lipinski definition) is 1. The number of rotatable bonds is 6. The fourth-order valence-corrected chi connectivity index (χ4v) is 3.04. The van der Waals surface area contributed by atoms with Gasteiger partial charge in [0.25, 0.3) is 0 Å². The zero-order chi connectivity index (χ0) is 14.4. The molecule has 2 heterocycles. The van der Waals surface area contributed by atoms with Gasteiger partial charge in [0.15, 0.2) is 5.82 Å². The maximum Gasteiger partial charge on any atom is 0.151 e. The van der Waals surface area contributed by atoms with Crippen LogP contribution in [-0.2, 0) is 6.54 Å². The van der Waals surface area contributed by atoms with Crippen LogP contribution in [-0.4, -0.2) is 29.8 Å². The van der Waals surface area contributed by atoms with Crippen molar-refractivity contribution in [1.29, 1.82) is 0 Å². The topological polar surface area (TPSA) is 41.0 Å². The van der Waals surface area contributed by atoms with Crippen molar-refractivity contribution in [1.82, 2.24) is 15.5 Å². The molecule has 1 aromatic heterocycles. The number of anilines is 1. The molecule has 112 valence electrons. The van der Waals surface area contributed by atoms with E-state index in [2.05, 4.69) is 53.3 Å². The lowest BCUT2D eigenvalue weighted by atomic mass is 9.74. The smallest absolute Gasteiger partial charge is 0.151 e. The average molecular weight is 276 g/mol. The third-order valence-corrected chi connectivity index (χ3v) is 4.91. The Labute approximate surface area is 123 Å². The highest BCUT2D eigenvalue weighted by Gasteiger charge is 2.31. The summed E-state index contributed by atoms with van der Waals surface area (Å²) in [6.07, 6.45) is 5.15. The summed E-state index contributed by atoms with van der Waals surface area (Å²) in [6.45, 7) is 10.8. The molecule has 1 aliphatic rings. The SMILES string of the molecule is CCNCc1ccc(N2CCC(CC)(CC)CC2)nn1. The fourth-order valence-electron chi connectivity index (χ4n) is 3.04. The summed E-state index contributed by atoms with van der Waals surface area (Å²) >= 11 is 0. The first-order valence-corrected chi connectivity index (χ1v) is 8.01. The van der Waals surface area contributed by atoms with E-state index in [-0.39, 0.29) is 0 Å². The van der Waals surface area contributed by atoms with E-state index in [1.807, 2.05) is 0 Å². The standard InChI is InChI=1S/C16H28N4/c1-4-16(5-2)9-11-20(12-10-16)15-8-7-14(18-19-15)13-17-6-3/h7-8,17H,4-6,9-13H2,1-3H3. The number of aromatic nitrogens is 2. The Morgan fingerprint density at radius 2 is 1.80 bits per heavy atom. The van der Waals surface area contributed by atoms with Gasteiger partial charge < -0.3 is 10.2 Å². The van der Waals surface area contributed by atoms with Gasteiger partial charge in [0, 0.05) is 19.6 Å². The predicted molar refractivity (Wildman–Crippen MR) is 83.9 cm³/mol. The van der Waals surface area contributed by atoms with Gasteiger partial charge in [0.05, 0.1) is 5.69 Å². The molecule has 0 atom stereocenters. The molecule has 1 N–H and O–H groups in total. The minimum absolute atomic E-state index is 0.564. The van der Waals surface area contributed by atoms with Crippen LogP contribution < -0.4 is 10.2 Å². The summed E-state index contributed by atoms with van der Waals surface area (Å²) in [5.74, 6) is 1.03. The Bertz CT molecular complexity index is 387. The van der Waals surface area contributed by atoms with Gasteiger partial charge in [-0.1, -0.05) is 33.6 Å². The Morgan fingerprint density at radius 1 is 1.10 bits per heavy atom. The lowest BCUT2D eigenvalue weighted by Gasteiger charge is -2.41. The molecule has 0 spiro atoms. The van der Waals surface area contributed by atoms with Crippen LogP contribution in [0, 0.1) is 5.41 Å². The van der Waals surface area contributed by atoms with Gasteiger partial charge in [-0.15, -0.1) is 5.10 Å². The third-order valence-electron chi connectivity index (χ3n) is 4.91.